The van der Waals surface area contributed by atoms with Crippen molar-refractivity contribution in [2.75, 3.05) is 0 Å². The minimum absolute atomic E-state index is 0.0903. The largest absolute Gasteiger partial charge is 0.488 e. The number of aliphatic imine (C=N–C) groups is 1. The first-order chi connectivity index (χ1) is 5.77. The fraction of sp³-hybridized carbons (Fsp3) is 0.125. The van der Waals surface area contributed by atoms with Crippen molar-refractivity contribution in [3.05, 3.63) is 35.3 Å². The van der Waals surface area contributed by atoms with E-state index in [9.17, 15) is 0 Å². The van der Waals surface area contributed by atoms with E-state index in [2.05, 4.69) is 4.99 Å². The van der Waals surface area contributed by atoms with Crippen LogP contribution < -0.4 is 0 Å². The van der Waals surface area contributed by atoms with Crippen LogP contribution in [0.25, 0.3) is 0 Å². The summed E-state index contributed by atoms with van der Waals surface area (Å²) < 4.78 is 0. The molecule has 0 saturated heterocycles. The number of hydrogen-bond acceptors (Lipinski definition) is 3. The van der Waals surface area contributed by atoms with E-state index in [-0.39, 0.29) is 6.04 Å². The molecule has 2 rings (SSSR count). The lowest BCUT2D eigenvalue weighted by Crippen LogP contribution is -2.17. The van der Waals surface area contributed by atoms with Crippen molar-refractivity contribution in [2.24, 2.45) is 4.99 Å². The first kappa shape index (κ1) is 7.52. The van der Waals surface area contributed by atoms with Crippen molar-refractivity contribution in [1.29, 1.82) is 0 Å². The molecule has 0 amide bonds. The fourth-order valence-corrected chi connectivity index (χ4v) is 1.30. The fourth-order valence-electron chi connectivity index (χ4n) is 1.30. The molecule has 0 aromatic carbocycles. The molecule has 60 valence electrons. The number of rotatable bonds is 1. The maximum atomic E-state index is 8.87. The lowest BCUT2D eigenvalue weighted by atomic mass is 9.75. The van der Waals surface area contributed by atoms with Crippen LogP contribution in [0.2, 0.25) is 0 Å². The Hall–Kier alpha value is -1.13. The molecule has 1 aliphatic heterocycles. The molecule has 0 saturated carbocycles. The molecule has 0 radical (unpaired) electrons. The summed E-state index contributed by atoms with van der Waals surface area (Å²) in [6, 6.07) is 0.0903. The van der Waals surface area contributed by atoms with Crippen molar-refractivity contribution in [3.8, 4) is 0 Å². The van der Waals surface area contributed by atoms with Crippen molar-refractivity contribution in [2.45, 2.75) is 6.04 Å². The van der Waals surface area contributed by atoms with Crippen molar-refractivity contribution in [1.82, 2.24) is 0 Å². The van der Waals surface area contributed by atoms with Crippen LogP contribution in [0.5, 0.6) is 0 Å². The van der Waals surface area contributed by atoms with Crippen LogP contribution in [-0.2, 0) is 0 Å². The molecule has 0 aromatic heterocycles. The second-order valence-corrected chi connectivity index (χ2v) is 2.79. The lowest BCUT2D eigenvalue weighted by molar-refractivity contribution is 0.420. The van der Waals surface area contributed by atoms with E-state index in [0.29, 0.717) is 5.47 Å². The second kappa shape index (κ2) is 2.73. The van der Waals surface area contributed by atoms with Crippen LogP contribution in [0.1, 0.15) is 0 Å². The van der Waals surface area contributed by atoms with Gasteiger partial charge in [-0.05, 0) is 17.1 Å². The molecule has 2 N–H and O–H groups in total. The zero-order valence-corrected chi connectivity index (χ0v) is 6.38. The van der Waals surface area contributed by atoms with Crippen LogP contribution in [0.15, 0.2) is 40.3 Å². The summed E-state index contributed by atoms with van der Waals surface area (Å²) >= 11 is 0. The molecular weight excluding hydrogens is 153 g/mol. The molecule has 4 heteroatoms. The molecule has 0 aromatic rings. The molecule has 3 nitrogen and oxygen atoms in total. The van der Waals surface area contributed by atoms with Crippen molar-refractivity contribution in [3.63, 3.8) is 0 Å². The first-order valence-electron chi connectivity index (χ1n) is 3.76. The summed E-state index contributed by atoms with van der Waals surface area (Å²) in [6.07, 6.45) is 8.89. The zero-order valence-electron chi connectivity index (χ0n) is 6.38. The molecule has 2 aliphatic rings. The molecule has 1 atom stereocenters. The van der Waals surface area contributed by atoms with Gasteiger partial charge in [-0.25, -0.2) is 0 Å². The Morgan fingerprint density at radius 3 is 3.00 bits per heavy atom. The molecule has 12 heavy (non-hydrogen) atoms. The number of allylic oxidation sites excluding steroid dienone is 3. The van der Waals surface area contributed by atoms with E-state index >= 15 is 0 Å². The van der Waals surface area contributed by atoms with Gasteiger partial charge in [0.25, 0.3) is 0 Å². The van der Waals surface area contributed by atoms with Crippen LogP contribution in [0, 0.1) is 0 Å². The van der Waals surface area contributed by atoms with Crippen LogP contribution in [0.3, 0.4) is 0 Å². The van der Waals surface area contributed by atoms with E-state index in [1.807, 2.05) is 12.2 Å². The van der Waals surface area contributed by atoms with E-state index in [0.717, 1.165) is 5.57 Å². The van der Waals surface area contributed by atoms with Gasteiger partial charge in [-0.15, -0.1) is 0 Å². The van der Waals surface area contributed by atoms with E-state index < -0.39 is 7.12 Å². The van der Waals surface area contributed by atoms with Gasteiger partial charge >= 0.3 is 7.12 Å². The summed E-state index contributed by atoms with van der Waals surface area (Å²) in [5.74, 6) is 0. The highest BCUT2D eigenvalue weighted by molar-refractivity contribution is 6.52. The number of fused-ring (bicyclic) bond motifs is 1. The summed E-state index contributed by atoms with van der Waals surface area (Å²) in [7, 11) is -1.39. The average Bonchev–Trinajstić information content (AvgIpc) is 2.49. The van der Waals surface area contributed by atoms with Crippen molar-refractivity contribution < 1.29 is 10.0 Å². The average molecular weight is 161 g/mol. The van der Waals surface area contributed by atoms with Crippen LogP contribution in [0.4, 0.5) is 0 Å². The third-order valence-corrected chi connectivity index (χ3v) is 1.96. The van der Waals surface area contributed by atoms with Crippen LogP contribution >= 0.6 is 0 Å². The van der Waals surface area contributed by atoms with Gasteiger partial charge < -0.3 is 10.0 Å². The number of hydrogen-bond donors (Lipinski definition) is 2. The highest BCUT2D eigenvalue weighted by Crippen LogP contribution is 2.22. The standard InChI is InChI=1S/C8H8BNO2/c11-9(12)7-1-2-8-6(5-7)3-4-10-8/h1-5,8,11-12H/t8-/m1/s1. The summed E-state index contributed by atoms with van der Waals surface area (Å²) in [5.41, 5.74) is 1.53. The molecule has 0 bridgehead atoms. The Labute approximate surface area is 70.6 Å². The normalized spacial score (nSPS) is 25.0. The Bertz CT molecular complexity index is 315. The maximum absolute atomic E-state index is 8.87. The monoisotopic (exact) mass is 161 g/mol. The Morgan fingerprint density at radius 2 is 2.25 bits per heavy atom. The van der Waals surface area contributed by atoms with Crippen LogP contribution in [-0.4, -0.2) is 29.4 Å². The molecule has 1 heterocycles. The van der Waals surface area contributed by atoms with Gasteiger partial charge in [0.15, 0.2) is 0 Å². The molecule has 0 fully saturated rings. The van der Waals surface area contributed by atoms with E-state index in [4.69, 9.17) is 10.0 Å². The maximum Gasteiger partial charge on any atom is 0.488 e. The number of nitrogens with zero attached hydrogens (tertiary/aromatic N) is 1. The van der Waals surface area contributed by atoms with Gasteiger partial charge in [-0.1, -0.05) is 18.2 Å². The van der Waals surface area contributed by atoms with Gasteiger partial charge in [-0.2, -0.15) is 0 Å². The molecule has 0 unspecified atom stereocenters. The topological polar surface area (TPSA) is 52.8 Å². The van der Waals surface area contributed by atoms with E-state index in [1.54, 1.807) is 18.4 Å². The highest BCUT2D eigenvalue weighted by Gasteiger charge is 2.20. The Balaban J connectivity index is 2.28. The first-order valence-corrected chi connectivity index (χ1v) is 3.76. The van der Waals surface area contributed by atoms with E-state index in [1.165, 1.54) is 0 Å². The van der Waals surface area contributed by atoms with Gasteiger partial charge in [0.2, 0.25) is 0 Å². The van der Waals surface area contributed by atoms with Gasteiger partial charge in [0, 0.05) is 6.21 Å². The minimum Gasteiger partial charge on any atom is -0.423 e. The highest BCUT2D eigenvalue weighted by atomic mass is 16.4. The third-order valence-electron chi connectivity index (χ3n) is 1.96. The summed E-state index contributed by atoms with van der Waals surface area (Å²) in [4.78, 5) is 4.14. The molecule has 0 spiro atoms. The Kier molecular flexibility index (Phi) is 1.71. The quantitative estimate of drug-likeness (QED) is 0.526. The predicted octanol–water partition coefficient (Wildman–Crippen LogP) is -0.126. The summed E-state index contributed by atoms with van der Waals surface area (Å²) in [5, 5.41) is 17.7. The second-order valence-electron chi connectivity index (χ2n) is 2.79. The Morgan fingerprint density at radius 1 is 1.42 bits per heavy atom. The smallest absolute Gasteiger partial charge is 0.423 e. The summed E-state index contributed by atoms with van der Waals surface area (Å²) in [6.45, 7) is 0. The minimum atomic E-state index is -1.39. The third kappa shape index (κ3) is 1.15. The zero-order chi connectivity index (χ0) is 8.55. The van der Waals surface area contributed by atoms with Gasteiger partial charge in [0.05, 0.1) is 6.04 Å². The van der Waals surface area contributed by atoms with Crippen molar-refractivity contribution >= 4 is 13.3 Å². The predicted molar refractivity (Wildman–Crippen MR) is 47.8 cm³/mol. The van der Waals surface area contributed by atoms with Gasteiger partial charge in [0.1, 0.15) is 0 Å². The molecule has 1 aliphatic carbocycles. The van der Waals surface area contributed by atoms with Gasteiger partial charge in [-0.3, -0.25) is 4.99 Å². The lowest BCUT2D eigenvalue weighted by Gasteiger charge is -2.11. The molecular formula is C8H8BNO2. The SMILES string of the molecule is OB(O)C1=CC2=CC=N[C@@H]2C=C1.